The van der Waals surface area contributed by atoms with E-state index in [1.165, 1.54) is 5.56 Å². The summed E-state index contributed by atoms with van der Waals surface area (Å²) >= 11 is 0. The van der Waals surface area contributed by atoms with Crippen LogP contribution in [0.2, 0.25) is 0 Å². The molecule has 1 unspecified atom stereocenters. The summed E-state index contributed by atoms with van der Waals surface area (Å²) in [7, 11) is 1.91. The molecule has 0 aliphatic rings. The molecule has 0 aliphatic carbocycles. The Bertz CT molecular complexity index is 392. The molecule has 0 radical (unpaired) electrons. The molecule has 2 amide bonds. The van der Waals surface area contributed by atoms with Gasteiger partial charge in [-0.3, -0.25) is 0 Å². The number of aliphatic hydroxyl groups is 1. The van der Waals surface area contributed by atoms with E-state index in [9.17, 15) is 4.79 Å². The van der Waals surface area contributed by atoms with E-state index in [-0.39, 0.29) is 18.7 Å². The molecular weight excluding hydrogens is 242 g/mol. The quantitative estimate of drug-likeness (QED) is 0.735. The van der Waals surface area contributed by atoms with Gasteiger partial charge in [-0.15, -0.1) is 0 Å². The van der Waals surface area contributed by atoms with Crippen molar-refractivity contribution in [2.45, 2.75) is 19.9 Å². The fourth-order valence-corrected chi connectivity index (χ4v) is 1.75. The van der Waals surface area contributed by atoms with E-state index in [1.54, 1.807) is 4.90 Å². The highest BCUT2D eigenvalue weighted by atomic mass is 16.3. The zero-order valence-corrected chi connectivity index (χ0v) is 11.8. The summed E-state index contributed by atoms with van der Waals surface area (Å²) in [5.41, 5.74) is 1.93. The summed E-state index contributed by atoms with van der Waals surface area (Å²) in [6, 6.07) is 7.83. The van der Waals surface area contributed by atoms with E-state index in [0.29, 0.717) is 13.1 Å². The number of rotatable bonds is 6. The minimum atomic E-state index is -0.189. The third-order valence-electron chi connectivity index (χ3n) is 3.13. The van der Waals surface area contributed by atoms with E-state index in [4.69, 9.17) is 5.11 Å². The van der Waals surface area contributed by atoms with Crippen LogP contribution in [-0.2, 0) is 0 Å². The number of aliphatic hydroxyl groups excluding tert-OH is 1. The SMILES string of the molecule is CCN(CCO)C(=O)Nc1ccc(C(C)NC)cc1. The van der Waals surface area contributed by atoms with Gasteiger partial charge in [0.2, 0.25) is 0 Å². The van der Waals surface area contributed by atoms with Gasteiger partial charge in [0.25, 0.3) is 0 Å². The third-order valence-corrected chi connectivity index (χ3v) is 3.13. The zero-order chi connectivity index (χ0) is 14.3. The molecule has 19 heavy (non-hydrogen) atoms. The number of nitrogens with zero attached hydrogens (tertiary/aromatic N) is 1. The van der Waals surface area contributed by atoms with E-state index in [1.807, 2.05) is 38.2 Å². The second-order valence-electron chi connectivity index (χ2n) is 4.37. The minimum absolute atomic E-state index is 0.0279. The molecule has 1 rings (SSSR count). The maximum atomic E-state index is 11.9. The smallest absolute Gasteiger partial charge is 0.321 e. The lowest BCUT2D eigenvalue weighted by atomic mass is 10.1. The van der Waals surface area contributed by atoms with Crippen LogP contribution in [0.4, 0.5) is 10.5 Å². The maximum absolute atomic E-state index is 11.9. The number of benzene rings is 1. The van der Waals surface area contributed by atoms with Gasteiger partial charge in [-0.05, 0) is 38.6 Å². The van der Waals surface area contributed by atoms with Crippen molar-refractivity contribution in [2.75, 3.05) is 32.1 Å². The molecule has 0 saturated carbocycles. The number of hydrogen-bond acceptors (Lipinski definition) is 3. The molecular formula is C14H23N3O2. The number of likely N-dealkylation sites (N-methyl/N-ethyl adjacent to an activating group) is 1. The van der Waals surface area contributed by atoms with E-state index in [0.717, 1.165) is 5.69 Å². The van der Waals surface area contributed by atoms with Crippen molar-refractivity contribution in [3.63, 3.8) is 0 Å². The Kier molecular flexibility index (Phi) is 6.32. The summed E-state index contributed by atoms with van der Waals surface area (Å²) in [4.78, 5) is 13.5. The number of carbonyl (C=O) groups excluding carboxylic acids is 1. The summed E-state index contributed by atoms with van der Waals surface area (Å²) < 4.78 is 0. The lowest BCUT2D eigenvalue weighted by molar-refractivity contribution is 0.192. The summed E-state index contributed by atoms with van der Waals surface area (Å²) in [6.07, 6.45) is 0. The first kappa shape index (κ1) is 15.5. The molecule has 5 heteroatoms. The first-order valence-electron chi connectivity index (χ1n) is 6.56. The van der Waals surface area contributed by atoms with Crippen molar-refractivity contribution in [1.29, 1.82) is 0 Å². The summed E-state index contributed by atoms with van der Waals surface area (Å²) in [5, 5.41) is 14.9. The van der Waals surface area contributed by atoms with Crippen molar-refractivity contribution < 1.29 is 9.90 Å². The van der Waals surface area contributed by atoms with E-state index < -0.39 is 0 Å². The minimum Gasteiger partial charge on any atom is -0.395 e. The van der Waals surface area contributed by atoms with Crippen LogP contribution in [0.5, 0.6) is 0 Å². The first-order chi connectivity index (χ1) is 9.12. The standard InChI is InChI=1S/C14H23N3O2/c1-4-17(9-10-18)14(19)16-13-7-5-12(6-8-13)11(2)15-3/h5-8,11,15,18H,4,9-10H2,1-3H3,(H,16,19). The van der Waals surface area contributed by atoms with Crippen LogP contribution in [0.1, 0.15) is 25.5 Å². The van der Waals surface area contributed by atoms with Crippen molar-refractivity contribution in [3.05, 3.63) is 29.8 Å². The molecule has 3 N–H and O–H groups in total. The highest BCUT2D eigenvalue weighted by molar-refractivity contribution is 5.89. The van der Waals surface area contributed by atoms with E-state index >= 15 is 0 Å². The predicted molar refractivity (Wildman–Crippen MR) is 77.3 cm³/mol. The second-order valence-corrected chi connectivity index (χ2v) is 4.37. The second kappa shape index (κ2) is 7.76. The van der Waals surface area contributed by atoms with Crippen LogP contribution in [0, 0.1) is 0 Å². The van der Waals surface area contributed by atoms with Gasteiger partial charge in [-0.2, -0.15) is 0 Å². The molecule has 1 atom stereocenters. The lowest BCUT2D eigenvalue weighted by Gasteiger charge is -2.20. The van der Waals surface area contributed by atoms with Gasteiger partial charge in [-0.1, -0.05) is 12.1 Å². The molecule has 106 valence electrons. The van der Waals surface area contributed by atoms with Crippen molar-refractivity contribution in [3.8, 4) is 0 Å². The number of amides is 2. The van der Waals surface area contributed by atoms with Gasteiger partial charge in [0.1, 0.15) is 0 Å². The monoisotopic (exact) mass is 265 g/mol. The average molecular weight is 265 g/mol. The Labute approximate surface area is 114 Å². The molecule has 0 bridgehead atoms. The maximum Gasteiger partial charge on any atom is 0.321 e. The van der Waals surface area contributed by atoms with Gasteiger partial charge in [-0.25, -0.2) is 4.79 Å². The van der Waals surface area contributed by atoms with Gasteiger partial charge in [0, 0.05) is 24.8 Å². The van der Waals surface area contributed by atoms with Gasteiger partial charge in [0.05, 0.1) is 6.61 Å². The largest absolute Gasteiger partial charge is 0.395 e. The van der Waals surface area contributed by atoms with Crippen LogP contribution < -0.4 is 10.6 Å². The topological polar surface area (TPSA) is 64.6 Å². The molecule has 0 aromatic heterocycles. The Morgan fingerprint density at radius 3 is 2.47 bits per heavy atom. The van der Waals surface area contributed by atoms with Gasteiger partial charge >= 0.3 is 6.03 Å². The average Bonchev–Trinajstić information content (AvgIpc) is 2.44. The number of anilines is 1. The van der Waals surface area contributed by atoms with Crippen LogP contribution in [0.3, 0.4) is 0 Å². The lowest BCUT2D eigenvalue weighted by Crippen LogP contribution is -2.36. The third kappa shape index (κ3) is 4.54. The van der Waals surface area contributed by atoms with Crippen molar-refractivity contribution >= 4 is 11.7 Å². The molecule has 0 spiro atoms. The molecule has 0 heterocycles. The summed E-state index contributed by atoms with van der Waals surface area (Å²) in [5.74, 6) is 0. The van der Waals surface area contributed by atoms with Crippen molar-refractivity contribution in [2.24, 2.45) is 0 Å². The number of urea groups is 1. The Hall–Kier alpha value is -1.59. The molecule has 0 aliphatic heterocycles. The fraction of sp³-hybridized carbons (Fsp3) is 0.500. The normalized spacial score (nSPS) is 12.0. The van der Waals surface area contributed by atoms with Crippen LogP contribution in [0.15, 0.2) is 24.3 Å². The van der Waals surface area contributed by atoms with Crippen LogP contribution in [0.25, 0.3) is 0 Å². The number of carbonyl (C=O) groups is 1. The van der Waals surface area contributed by atoms with Crippen LogP contribution in [-0.4, -0.2) is 42.8 Å². The molecule has 1 aromatic carbocycles. The Balaban J connectivity index is 2.64. The first-order valence-corrected chi connectivity index (χ1v) is 6.56. The fourth-order valence-electron chi connectivity index (χ4n) is 1.75. The van der Waals surface area contributed by atoms with Crippen LogP contribution >= 0.6 is 0 Å². The predicted octanol–water partition coefficient (Wildman–Crippen LogP) is 1.81. The highest BCUT2D eigenvalue weighted by Gasteiger charge is 2.11. The molecule has 5 nitrogen and oxygen atoms in total. The Morgan fingerprint density at radius 1 is 1.37 bits per heavy atom. The highest BCUT2D eigenvalue weighted by Crippen LogP contribution is 2.15. The molecule has 0 saturated heterocycles. The number of hydrogen-bond donors (Lipinski definition) is 3. The van der Waals surface area contributed by atoms with Gasteiger partial charge in [0.15, 0.2) is 0 Å². The van der Waals surface area contributed by atoms with Crippen molar-refractivity contribution in [1.82, 2.24) is 10.2 Å². The Morgan fingerprint density at radius 2 is 2.00 bits per heavy atom. The molecule has 0 fully saturated rings. The van der Waals surface area contributed by atoms with E-state index in [2.05, 4.69) is 17.6 Å². The zero-order valence-electron chi connectivity index (χ0n) is 11.8. The van der Waals surface area contributed by atoms with Gasteiger partial charge < -0.3 is 20.6 Å². The molecule has 1 aromatic rings. The summed E-state index contributed by atoms with van der Waals surface area (Å²) in [6.45, 7) is 4.85. The number of nitrogens with one attached hydrogen (secondary N) is 2.